The van der Waals surface area contributed by atoms with Gasteiger partial charge in [0, 0.05) is 20.1 Å². The van der Waals surface area contributed by atoms with Gasteiger partial charge in [-0.05, 0) is 36.8 Å². The average Bonchev–Trinajstić information content (AvgIpc) is 2.34. The van der Waals surface area contributed by atoms with Crippen LogP contribution in [0.3, 0.4) is 0 Å². The van der Waals surface area contributed by atoms with Gasteiger partial charge in [0.15, 0.2) is 0 Å². The third-order valence-electron chi connectivity index (χ3n) is 4.02. The Morgan fingerprint density at radius 2 is 2.00 bits per heavy atom. The Morgan fingerprint density at radius 1 is 1.22 bits per heavy atom. The lowest BCUT2D eigenvalue weighted by Crippen LogP contribution is -2.33. The molecule has 2 rings (SSSR count). The van der Waals surface area contributed by atoms with E-state index in [1.165, 1.54) is 19.3 Å². The second-order valence-corrected chi connectivity index (χ2v) is 5.95. The molecule has 1 aromatic heterocycles. The summed E-state index contributed by atoms with van der Waals surface area (Å²) in [6.07, 6.45) is 5.93. The van der Waals surface area contributed by atoms with Gasteiger partial charge in [-0.3, -0.25) is 0 Å². The third-order valence-corrected chi connectivity index (χ3v) is 4.02. The van der Waals surface area contributed by atoms with Crippen LogP contribution in [0, 0.1) is 11.8 Å². The van der Waals surface area contributed by atoms with Crippen LogP contribution in [0.25, 0.3) is 0 Å². The fourth-order valence-corrected chi connectivity index (χ4v) is 2.68. The molecule has 3 heteroatoms. The zero-order valence-corrected chi connectivity index (χ0v) is 12.0. The molecule has 0 radical (unpaired) electrons. The number of anilines is 2. The molecule has 1 aliphatic rings. The molecule has 0 saturated heterocycles. The maximum absolute atomic E-state index is 4.45. The topological polar surface area (TPSA) is 28.2 Å². The summed E-state index contributed by atoms with van der Waals surface area (Å²) in [4.78, 5) is 6.47. The van der Waals surface area contributed by atoms with Gasteiger partial charge < -0.3 is 10.2 Å². The van der Waals surface area contributed by atoms with Crippen LogP contribution in [0.1, 0.15) is 33.1 Å². The highest BCUT2D eigenvalue weighted by Crippen LogP contribution is 2.30. The highest BCUT2D eigenvalue weighted by molar-refractivity contribution is 5.48. The largest absolute Gasteiger partial charge is 0.381 e. The molecule has 100 valence electrons. The Hall–Kier alpha value is -1.25. The molecule has 0 spiro atoms. The van der Waals surface area contributed by atoms with Crippen molar-refractivity contribution >= 4 is 11.5 Å². The van der Waals surface area contributed by atoms with Crippen molar-refractivity contribution < 1.29 is 0 Å². The number of aromatic nitrogens is 1. The number of pyridine rings is 1. The normalized spacial score (nSPS) is 27.9. The van der Waals surface area contributed by atoms with Gasteiger partial charge in [-0.1, -0.05) is 20.3 Å². The summed E-state index contributed by atoms with van der Waals surface area (Å²) in [7, 11) is 4.03. The van der Waals surface area contributed by atoms with Crippen molar-refractivity contribution in [2.75, 3.05) is 24.3 Å². The Bertz CT molecular complexity index is 372. The molecule has 0 aliphatic heterocycles. The standard InChI is InChI=1S/C15H25N3/c1-11-5-6-12(2)14(9-11)17-13-7-8-15(16-10-13)18(3)4/h7-8,10-12,14,17H,5-6,9H2,1-4H3. The molecule has 3 unspecified atom stereocenters. The highest BCUT2D eigenvalue weighted by atomic mass is 15.1. The first kappa shape index (κ1) is 13.2. The first-order chi connectivity index (χ1) is 8.56. The van der Waals surface area contributed by atoms with Crippen LogP contribution in [-0.4, -0.2) is 25.1 Å². The summed E-state index contributed by atoms with van der Waals surface area (Å²) in [6.45, 7) is 4.71. The average molecular weight is 247 g/mol. The molecule has 1 heterocycles. The van der Waals surface area contributed by atoms with Gasteiger partial charge in [-0.2, -0.15) is 0 Å². The van der Waals surface area contributed by atoms with E-state index in [9.17, 15) is 0 Å². The van der Waals surface area contributed by atoms with E-state index in [2.05, 4.69) is 36.3 Å². The molecule has 18 heavy (non-hydrogen) atoms. The second kappa shape index (κ2) is 5.59. The van der Waals surface area contributed by atoms with Gasteiger partial charge in [0.1, 0.15) is 5.82 Å². The fraction of sp³-hybridized carbons (Fsp3) is 0.667. The van der Waals surface area contributed by atoms with Gasteiger partial charge >= 0.3 is 0 Å². The van der Waals surface area contributed by atoms with Crippen molar-refractivity contribution in [2.24, 2.45) is 11.8 Å². The van der Waals surface area contributed by atoms with E-state index < -0.39 is 0 Å². The van der Waals surface area contributed by atoms with Gasteiger partial charge in [0.25, 0.3) is 0 Å². The lowest BCUT2D eigenvalue weighted by atomic mass is 9.80. The molecule has 1 aliphatic carbocycles. The predicted molar refractivity (Wildman–Crippen MR) is 78.2 cm³/mol. The third kappa shape index (κ3) is 3.15. The van der Waals surface area contributed by atoms with E-state index in [4.69, 9.17) is 0 Å². The van der Waals surface area contributed by atoms with Crippen LogP contribution >= 0.6 is 0 Å². The molecule has 1 saturated carbocycles. The Balaban J connectivity index is 1.99. The molecular weight excluding hydrogens is 222 g/mol. The first-order valence-corrected chi connectivity index (χ1v) is 6.96. The molecule has 3 nitrogen and oxygen atoms in total. The van der Waals surface area contributed by atoms with E-state index in [1.54, 1.807) is 0 Å². The Kier molecular flexibility index (Phi) is 4.10. The Morgan fingerprint density at radius 3 is 2.61 bits per heavy atom. The van der Waals surface area contributed by atoms with Crippen LogP contribution in [0.5, 0.6) is 0 Å². The van der Waals surface area contributed by atoms with Gasteiger partial charge in [0.05, 0.1) is 11.9 Å². The Labute approximate surface area is 111 Å². The minimum atomic E-state index is 0.598. The summed E-state index contributed by atoms with van der Waals surface area (Å²) < 4.78 is 0. The maximum Gasteiger partial charge on any atom is 0.128 e. The van der Waals surface area contributed by atoms with Gasteiger partial charge in [0.2, 0.25) is 0 Å². The van der Waals surface area contributed by atoms with E-state index in [-0.39, 0.29) is 0 Å². The summed E-state index contributed by atoms with van der Waals surface area (Å²) in [6, 6.07) is 4.80. The summed E-state index contributed by atoms with van der Waals surface area (Å²) in [5.41, 5.74) is 1.14. The SMILES string of the molecule is CC1CCC(C)C(Nc2ccc(N(C)C)nc2)C1. The second-order valence-electron chi connectivity index (χ2n) is 5.95. The van der Waals surface area contributed by atoms with Gasteiger partial charge in [-0.25, -0.2) is 4.98 Å². The lowest BCUT2D eigenvalue weighted by Gasteiger charge is -2.34. The van der Waals surface area contributed by atoms with Crippen molar-refractivity contribution in [2.45, 2.75) is 39.2 Å². The van der Waals surface area contributed by atoms with Crippen molar-refractivity contribution in [1.29, 1.82) is 0 Å². The summed E-state index contributed by atoms with van der Waals surface area (Å²) in [5.74, 6) is 2.60. The number of nitrogens with one attached hydrogen (secondary N) is 1. The zero-order chi connectivity index (χ0) is 13.1. The van der Waals surface area contributed by atoms with Crippen LogP contribution in [0.2, 0.25) is 0 Å². The number of nitrogens with zero attached hydrogens (tertiary/aromatic N) is 2. The lowest BCUT2D eigenvalue weighted by molar-refractivity contribution is 0.280. The van der Waals surface area contributed by atoms with Crippen LogP contribution in [0.4, 0.5) is 11.5 Å². The van der Waals surface area contributed by atoms with Crippen LogP contribution in [-0.2, 0) is 0 Å². The minimum absolute atomic E-state index is 0.598. The zero-order valence-electron chi connectivity index (χ0n) is 12.0. The van der Waals surface area contributed by atoms with Crippen molar-refractivity contribution in [3.8, 4) is 0 Å². The first-order valence-electron chi connectivity index (χ1n) is 6.96. The van der Waals surface area contributed by atoms with Crippen molar-refractivity contribution in [3.63, 3.8) is 0 Å². The maximum atomic E-state index is 4.45. The van der Waals surface area contributed by atoms with Crippen LogP contribution < -0.4 is 10.2 Å². The van der Waals surface area contributed by atoms with Gasteiger partial charge in [-0.15, -0.1) is 0 Å². The molecule has 0 aromatic carbocycles. The number of hydrogen-bond acceptors (Lipinski definition) is 3. The molecule has 1 fully saturated rings. The van der Waals surface area contributed by atoms with E-state index in [0.29, 0.717) is 6.04 Å². The van der Waals surface area contributed by atoms with E-state index >= 15 is 0 Å². The van der Waals surface area contributed by atoms with Crippen LogP contribution in [0.15, 0.2) is 18.3 Å². The molecular formula is C15H25N3. The molecule has 1 N–H and O–H groups in total. The fourth-order valence-electron chi connectivity index (χ4n) is 2.68. The molecule has 1 aromatic rings. The summed E-state index contributed by atoms with van der Waals surface area (Å²) >= 11 is 0. The smallest absolute Gasteiger partial charge is 0.128 e. The van der Waals surface area contributed by atoms with Crippen molar-refractivity contribution in [1.82, 2.24) is 4.98 Å². The number of rotatable bonds is 3. The minimum Gasteiger partial charge on any atom is -0.381 e. The monoisotopic (exact) mass is 247 g/mol. The molecule has 0 bridgehead atoms. The quantitative estimate of drug-likeness (QED) is 0.887. The molecule has 0 amide bonds. The predicted octanol–water partition coefficient (Wildman–Crippen LogP) is 3.38. The highest BCUT2D eigenvalue weighted by Gasteiger charge is 2.25. The summed E-state index contributed by atoms with van der Waals surface area (Å²) in [5, 5.41) is 3.65. The van der Waals surface area contributed by atoms with E-state index in [1.807, 2.05) is 25.2 Å². The van der Waals surface area contributed by atoms with E-state index in [0.717, 1.165) is 23.3 Å². The van der Waals surface area contributed by atoms with Crippen molar-refractivity contribution in [3.05, 3.63) is 18.3 Å². The number of hydrogen-bond donors (Lipinski definition) is 1. The molecule has 3 atom stereocenters.